The summed E-state index contributed by atoms with van der Waals surface area (Å²) in [6.45, 7) is 7.67. The van der Waals surface area contributed by atoms with Crippen LogP contribution >= 0.6 is 0 Å². The maximum atomic E-state index is 5.63. The Hall–Kier alpha value is -2.51. The van der Waals surface area contributed by atoms with Gasteiger partial charge in [-0.3, -0.25) is 0 Å². The normalized spacial score (nSPS) is 20.5. The summed E-state index contributed by atoms with van der Waals surface area (Å²) in [6.07, 6.45) is 5.55. The van der Waals surface area contributed by atoms with Crippen LogP contribution in [-0.2, 0) is 11.2 Å². The fraction of sp³-hybridized carbons (Fsp3) is 0.542. The van der Waals surface area contributed by atoms with E-state index in [0.717, 1.165) is 74.3 Å². The zero-order chi connectivity index (χ0) is 21.2. The monoisotopic (exact) mass is 421 g/mol. The maximum Gasteiger partial charge on any atom is 0.261 e. The quantitative estimate of drug-likeness (QED) is 0.670. The number of nitrogens with zero attached hydrogens (tertiary/aromatic N) is 4. The van der Waals surface area contributed by atoms with Gasteiger partial charge < -0.3 is 19.5 Å². The van der Waals surface area contributed by atoms with Crippen LogP contribution in [-0.4, -0.2) is 53.5 Å². The second-order valence-corrected chi connectivity index (χ2v) is 8.73. The molecule has 0 spiro atoms. The summed E-state index contributed by atoms with van der Waals surface area (Å²) in [4.78, 5) is 11.9. The number of piperidine rings is 1. The van der Waals surface area contributed by atoms with Gasteiger partial charge in [0.15, 0.2) is 5.82 Å². The molecule has 0 aliphatic carbocycles. The van der Waals surface area contributed by atoms with Gasteiger partial charge in [-0.2, -0.15) is 4.98 Å². The highest BCUT2D eigenvalue weighted by molar-refractivity contribution is 5.88. The molecule has 0 saturated carbocycles. The number of nitrogens with one attached hydrogen (secondary N) is 1. The van der Waals surface area contributed by atoms with Crippen LogP contribution in [0.2, 0.25) is 0 Å². The third-order valence-corrected chi connectivity index (χ3v) is 6.45. The van der Waals surface area contributed by atoms with Gasteiger partial charge in [0.1, 0.15) is 5.82 Å². The standard InChI is InChI=1S/C24H31N5O2/c1-3-17-6-7-22-18(13-17)14-21(24-25-16(2)28-31-24)23(27-22)29-10-8-19(9-11-29)26-20-5-4-12-30-15-20/h6-7,13-14,19-20,26H,3-5,8-12,15H2,1-2H3/t20-/m1/s1. The second kappa shape index (κ2) is 8.93. The van der Waals surface area contributed by atoms with Crippen molar-refractivity contribution < 1.29 is 9.26 Å². The van der Waals surface area contributed by atoms with Crippen LogP contribution in [0.1, 0.15) is 44.0 Å². The molecule has 2 aliphatic heterocycles. The molecule has 0 radical (unpaired) electrons. The SMILES string of the molecule is CCc1ccc2nc(N3CCC(N[C@@H]4CCCOC4)CC3)c(-c3nc(C)no3)cc2c1. The smallest absolute Gasteiger partial charge is 0.261 e. The third kappa shape index (κ3) is 4.43. The number of pyridine rings is 1. The number of benzene rings is 1. The third-order valence-electron chi connectivity index (χ3n) is 6.45. The molecule has 2 aliphatic rings. The van der Waals surface area contributed by atoms with Crippen molar-refractivity contribution >= 4 is 16.7 Å². The van der Waals surface area contributed by atoms with E-state index in [0.29, 0.717) is 23.8 Å². The topological polar surface area (TPSA) is 76.3 Å². The highest BCUT2D eigenvalue weighted by Crippen LogP contribution is 2.33. The number of ether oxygens (including phenoxy) is 1. The molecule has 1 atom stereocenters. The Morgan fingerprint density at radius 3 is 2.68 bits per heavy atom. The Morgan fingerprint density at radius 1 is 1.10 bits per heavy atom. The minimum absolute atomic E-state index is 0.494. The molecule has 1 aromatic carbocycles. The summed E-state index contributed by atoms with van der Waals surface area (Å²) in [6, 6.07) is 9.68. The minimum atomic E-state index is 0.494. The Balaban J connectivity index is 1.40. The first kappa shape index (κ1) is 20.4. The van der Waals surface area contributed by atoms with E-state index in [9.17, 15) is 0 Å². The van der Waals surface area contributed by atoms with Crippen molar-refractivity contribution in [2.75, 3.05) is 31.2 Å². The first-order valence-corrected chi connectivity index (χ1v) is 11.5. The van der Waals surface area contributed by atoms with E-state index in [2.05, 4.69) is 51.5 Å². The van der Waals surface area contributed by atoms with Gasteiger partial charge >= 0.3 is 0 Å². The first-order valence-electron chi connectivity index (χ1n) is 11.5. The number of rotatable bonds is 5. The molecule has 2 saturated heterocycles. The molecule has 2 aromatic heterocycles. The van der Waals surface area contributed by atoms with Gasteiger partial charge in [0, 0.05) is 37.2 Å². The van der Waals surface area contributed by atoms with Gasteiger partial charge in [-0.15, -0.1) is 0 Å². The Kier molecular flexibility index (Phi) is 5.87. The molecule has 0 amide bonds. The lowest BCUT2D eigenvalue weighted by Crippen LogP contribution is -2.48. The van der Waals surface area contributed by atoms with Crippen molar-refractivity contribution in [2.24, 2.45) is 0 Å². The molecular formula is C24H31N5O2. The molecule has 31 heavy (non-hydrogen) atoms. The summed E-state index contributed by atoms with van der Waals surface area (Å²) in [5.41, 5.74) is 3.23. The van der Waals surface area contributed by atoms with Crippen LogP contribution in [0.3, 0.4) is 0 Å². The van der Waals surface area contributed by atoms with Crippen molar-refractivity contribution in [1.82, 2.24) is 20.4 Å². The van der Waals surface area contributed by atoms with Crippen molar-refractivity contribution in [1.29, 1.82) is 0 Å². The molecule has 7 heteroatoms. The number of fused-ring (bicyclic) bond motifs is 1. The van der Waals surface area contributed by atoms with E-state index < -0.39 is 0 Å². The van der Waals surface area contributed by atoms with E-state index in [1.807, 2.05) is 6.92 Å². The molecule has 4 heterocycles. The van der Waals surface area contributed by atoms with E-state index in [1.165, 1.54) is 12.0 Å². The van der Waals surface area contributed by atoms with Gasteiger partial charge in [0.05, 0.1) is 17.7 Å². The molecule has 7 nitrogen and oxygen atoms in total. The largest absolute Gasteiger partial charge is 0.380 e. The van der Waals surface area contributed by atoms with E-state index in [4.69, 9.17) is 14.2 Å². The van der Waals surface area contributed by atoms with Crippen LogP contribution in [0.15, 0.2) is 28.8 Å². The molecule has 5 rings (SSSR count). The van der Waals surface area contributed by atoms with Crippen molar-refractivity contribution in [2.45, 2.75) is 58.0 Å². The van der Waals surface area contributed by atoms with Crippen LogP contribution < -0.4 is 10.2 Å². The number of aryl methyl sites for hydroxylation is 2. The molecule has 164 valence electrons. The molecule has 1 N–H and O–H groups in total. The fourth-order valence-electron chi connectivity index (χ4n) is 4.70. The fourth-order valence-corrected chi connectivity index (χ4v) is 4.70. The summed E-state index contributed by atoms with van der Waals surface area (Å²) >= 11 is 0. The number of anilines is 1. The number of hydrogen-bond acceptors (Lipinski definition) is 7. The lowest BCUT2D eigenvalue weighted by Gasteiger charge is -2.36. The Bertz CT molecular complexity index is 1040. The zero-order valence-corrected chi connectivity index (χ0v) is 18.4. The molecule has 3 aromatic rings. The predicted molar refractivity (Wildman–Crippen MR) is 121 cm³/mol. The van der Waals surface area contributed by atoms with Gasteiger partial charge in [0.25, 0.3) is 5.89 Å². The average molecular weight is 422 g/mol. The van der Waals surface area contributed by atoms with E-state index in [-0.39, 0.29) is 0 Å². The van der Waals surface area contributed by atoms with E-state index >= 15 is 0 Å². The van der Waals surface area contributed by atoms with Gasteiger partial charge in [-0.25, -0.2) is 4.98 Å². The molecule has 0 bridgehead atoms. The van der Waals surface area contributed by atoms with Crippen LogP contribution in [0.25, 0.3) is 22.4 Å². The molecule has 0 unspecified atom stereocenters. The second-order valence-electron chi connectivity index (χ2n) is 8.73. The first-order chi connectivity index (χ1) is 15.2. The summed E-state index contributed by atoms with van der Waals surface area (Å²) < 4.78 is 11.2. The van der Waals surface area contributed by atoms with Crippen LogP contribution in [0.4, 0.5) is 5.82 Å². The van der Waals surface area contributed by atoms with Crippen molar-refractivity contribution in [3.8, 4) is 11.5 Å². The maximum absolute atomic E-state index is 5.63. The minimum Gasteiger partial charge on any atom is -0.380 e. The van der Waals surface area contributed by atoms with Crippen LogP contribution in [0.5, 0.6) is 0 Å². The predicted octanol–water partition coefficient (Wildman–Crippen LogP) is 3.89. The number of hydrogen-bond donors (Lipinski definition) is 1. The molecule has 2 fully saturated rings. The highest BCUT2D eigenvalue weighted by atomic mass is 16.5. The lowest BCUT2D eigenvalue weighted by atomic mass is 10.0. The molecular weight excluding hydrogens is 390 g/mol. The van der Waals surface area contributed by atoms with Gasteiger partial charge in [0.2, 0.25) is 0 Å². The van der Waals surface area contributed by atoms with Crippen LogP contribution in [0, 0.1) is 6.92 Å². The summed E-state index contributed by atoms with van der Waals surface area (Å²) in [5, 5.41) is 8.94. The van der Waals surface area contributed by atoms with E-state index in [1.54, 1.807) is 0 Å². The van der Waals surface area contributed by atoms with Crippen molar-refractivity contribution in [3.63, 3.8) is 0 Å². The van der Waals surface area contributed by atoms with Gasteiger partial charge in [-0.05, 0) is 62.8 Å². The summed E-state index contributed by atoms with van der Waals surface area (Å²) in [5.74, 6) is 2.13. The summed E-state index contributed by atoms with van der Waals surface area (Å²) in [7, 11) is 0. The lowest BCUT2D eigenvalue weighted by molar-refractivity contribution is 0.0650. The zero-order valence-electron chi connectivity index (χ0n) is 18.4. The Labute approximate surface area is 183 Å². The van der Waals surface area contributed by atoms with Crippen molar-refractivity contribution in [3.05, 3.63) is 35.7 Å². The number of aromatic nitrogens is 3. The highest BCUT2D eigenvalue weighted by Gasteiger charge is 2.26. The average Bonchev–Trinajstić information content (AvgIpc) is 3.25. The van der Waals surface area contributed by atoms with Gasteiger partial charge in [-0.1, -0.05) is 18.1 Å². The Morgan fingerprint density at radius 2 is 1.97 bits per heavy atom.